The van der Waals surface area contributed by atoms with Gasteiger partial charge in [0.2, 0.25) is 0 Å². The van der Waals surface area contributed by atoms with E-state index in [-0.39, 0.29) is 6.09 Å². The van der Waals surface area contributed by atoms with Crippen LogP contribution in [0.15, 0.2) is 24.3 Å². The SMILES string of the molecule is CNC[C@H]1CC[C@H](CCN(C)C(=O)Oc2ccc(Cl)cc2)CC1. The Morgan fingerprint density at radius 2 is 1.83 bits per heavy atom. The minimum atomic E-state index is -0.309. The molecule has 0 aliphatic heterocycles. The number of hydrogen-bond acceptors (Lipinski definition) is 3. The van der Waals surface area contributed by atoms with Gasteiger partial charge in [-0.05, 0) is 69.0 Å². The molecule has 1 saturated carbocycles. The molecule has 128 valence electrons. The van der Waals surface area contributed by atoms with E-state index in [1.54, 1.807) is 36.2 Å². The topological polar surface area (TPSA) is 41.6 Å². The summed E-state index contributed by atoms with van der Waals surface area (Å²) in [6, 6.07) is 6.84. The molecule has 0 heterocycles. The van der Waals surface area contributed by atoms with Gasteiger partial charge in [-0.1, -0.05) is 24.4 Å². The van der Waals surface area contributed by atoms with Crippen LogP contribution >= 0.6 is 11.6 Å². The lowest BCUT2D eigenvalue weighted by molar-refractivity contribution is 0.156. The van der Waals surface area contributed by atoms with E-state index < -0.39 is 0 Å². The van der Waals surface area contributed by atoms with Crippen molar-refractivity contribution in [2.75, 3.05) is 27.2 Å². The van der Waals surface area contributed by atoms with Crippen LogP contribution in [0.1, 0.15) is 32.1 Å². The molecule has 1 aromatic rings. The van der Waals surface area contributed by atoms with E-state index in [2.05, 4.69) is 5.32 Å². The summed E-state index contributed by atoms with van der Waals surface area (Å²) in [4.78, 5) is 13.7. The Labute approximate surface area is 144 Å². The third kappa shape index (κ3) is 6.04. The lowest BCUT2D eigenvalue weighted by atomic mass is 9.80. The van der Waals surface area contributed by atoms with Gasteiger partial charge in [-0.3, -0.25) is 0 Å². The molecule has 1 N–H and O–H groups in total. The third-order valence-electron chi connectivity index (χ3n) is 4.66. The maximum absolute atomic E-state index is 12.1. The first-order valence-electron chi connectivity index (χ1n) is 8.41. The van der Waals surface area contributed by atoms with Crippen molar-refractivity contribution < 1.29 is 9.53 Å². The van der Waals surface area contributed by atoms with Gasteiger partial charge in [-0.15, -0.1) is 0 Å². The minimum absolute atomic E-state index is 0.309. The first-order valence-corrected chi connectivity index (χ1v) is 8.79. The Morgan fingerprint density at radius 1 is 1.22 bits per heavy atom. The molecule has 0 saturated heterocycles. The average Bonchev–Trinajstić information content (AvgIpc) is 2.56. The van der Waals surface area contributed by atoms with Crippen LogP contribution in [0.4, 0.5) is 4.79 Å². The summed E-state index contributed by atoms with van der Waals surface area (Å²) in [6.07, 6.45) is 5.88. The van der Waals surface area contributed by atoms with Gasteiger partial charge < -0.3 is 15.0 Å². The predicted octanol–water partition coefficient (Wildman–Crippen LogP) is 4.19. The van der Waals surface area contributed by atoms with Crippen LogP contribution in [-0.4, -0.2) is 38.2 Å². The first kappa shape index (κ1) is 18.1. The van der Waals surface area contributed by atoms with E-state index in [1.807, 2.05) is 7.05 Å². The highest BCUT2D eigenvalue weighted by Gasteiger charge is 2.21. The van der Waals surface area contributed by atoms with Gasteiger partial charge in [0.1, 0.15) is 5.75 Å². The standard InChI is InChI=1S/C18H27ClN2O2/c1-20-13-15-5-3-14(4-6-15)11-12-21(2)18(22)23-17-9-7-16(19)8-10-17/h7-10,14-15,20H,3-6,11-13H2,1-2H3/t14-,15-. The van der Waals surface area contributed by atoms with Crippen molar-refractivity contribution >= 4 is 17.7 Å². The average molecular weight is 339 g/mol. The summed E-state index contributed by atoms with van der Waals surface area (Å²) in [5, 5.41) is 3.90. The molecule has 0 radical (unpaired) electrons. The Bertz CT molecular complexity index is 484. The number of carbonyl (C=O) groups excluding carboxylic acids is 1. The molecule has 0 bridgehead atoms. The zero-order valence-electron chi connectivity index (χ0n) is 14.1. The number of halogens is 1. The second-order valence-electron chi connectivity index (χ2n) is 6.48. The molecular weight excluding hydrogens is 312 g/mol. The molecule has 1 aromatic carbocycles. The van der Waals surface area contributed by atoms with Gasteiger partial charge in [0, 0.05) is 18.6 Å². The summed E-state index contributed by atoms with van der Waals surface area (Å²) >= 11 is 5.82. The van der Waals surface area contributed by atoms with Crippen LogP contribution in [0.5, 0.6) is 5.75 Å². The maximum atomic E-state index is 12.1. The molecule has 4 nitrogen and oxygen atoms in total. The van der Waals surface area contributed by atoms with E-state index in [9.17, 15) is 4.79 Å². The van der Waals surface area contributed by atoms with Gasteiger partial charge in [0.25, 0.3) is 0 Å². The molecule has 2 rings (SSSR count). The van der Waals surface area contributed by atoms with Crippen LogP contribution in [-0.2, 0) is 0 Å². The van der Waals surface area contributed by atoms with Gasteiger partial charge in [0.05, 0.1) is 0 Å². The molecular formula is C18H27ClN2O2. The minimum Gasteiger partial charge on any atom is -0.410 e. The number of benzene rings is 1. The van der Waals surface area contributed by atoms with Crippen molar-refractivity contribution in [1.29, 1.82) is 0 Å². The summed E-state index contributed by atoms with van der Waals surface area (Å²) in [7, 11) is 3.82. The van der Waals surface area contributed by atoms with Crippen LogP contribution in [0, 0.1) is 11.8 Å². The summed E-state index contributed by atoms with van der Waals surface area (Å²) in [6.45, 7) is 1.87. The molecule has 0 aromatic heterocycles. The quantitative estimate of drug-likeness (QED) is 0.845. The van der Waals surface area contributed by atoms with Gasteiger partial charge >= 0.3 is 6.09 Å². The zero-order chi connectivity index (χ0) is 16.7. The van der Waals surface area contributed by atoms with Crippen molar-refractivity contribution in [2.45, 2.75) is 32.1 Å². The van der Waals surface area contributed by atoms with Crippen molar-refractivity contribution in [3.8, 4) is 5.75 Å². The lowest BCUT2D eigenvalue weighted by Crippen LogP contribution is -2.32. The predicted molar refractivity (Wildman–Crippen MR) is 94.1 cm³/mol. The smallest absolute Gasteiger partial charge is 0.410 e. The van der Waals surface area contributed by atoms with Gasteiger partial charge in [-0.2, -0.15) is 0 Å². The van der Waals surface area contributed by atoms with Crippen LogP contribution in [0.3, 0.4) is 0 Å². The van der Waals surface area contributed by atoms with Crippen LogP contribution in [0.2, 0.25) is 5.02 Å². The number of nitrogens with zero attached hydrogens (tertiary/aromatic N) is 1. The third-order valence-corrected chi connectivity index (χ3v) is 4.91. The number of ether oxygens (including phenoxy) is 1. The molecule has 5 heteroatoms. The molecule has 0 unspecified atom stereocenters. The Balaban J connectivity index is 1.69. The van der Waals surface area contributed by atoms with E-state index in [1.165, 1.54) is 25.7 Å². The summed E-state index contributed by atoms with van der Waals surface area (Å²) in [5.41, 5.74) is 0. The molecule has 1 aliphatic rings. The zero-order valence-corrected chi connectivity index (χ0v) is 14.8. The molecule has 0 spiro atoms. The first-order chi connectivity index (χ1) is 11.1. The Hall–Kier alpha value is -1.26. The van der Waals surface area contributed by atoms with Crippen molar-refractivity contribution in [3.05, 3.63) is 29.3 Å². The molecule has 0 atom stereocenters. The molecule has 23 heavy (non-hydrogen) atoms. The second kappa shape index (κ2) is 9.14. The van der Waals surface area contributed by atoms with E-state index in [0.29, 0.717) is 10.8 Å². The van der Waals surface area contributed by atoms with E-state index in [4.69, 9.17) is 16.3 Å². The summed E-state index contributed by atoms with van der Waals surface area (Å²) < 4.78 is 5.34. The van der Waals surface area contributed by atoms with E-state index >= 15 is 0 Å². The largest absolute Gasteiger partial charge is 0.414 e. The summed E-state index contributed by atoms with van der Waals surface area (Å²) in [5.74, 6) is 2.08. The normalized spacial score (nSPS) is 21.0. The highest BCUT2D eigenvalue weighted by atomic mass is 35.5. The van der Waals surface area contributed by atoms with Gasteiger partial charge in [0.15, 0.2) is 0 Å². The fourth-order valence-corrected chi connectivity index (χ4v) is 3.29. The van der Waals surface area contributed by atoms with Crippen LogP contribution in [0.25, 0.3) is 0 Å². The second-order valence-corrected chi connectivity index (χ2v) is 6.91. The Kier molecular flexibility index (Phi) is 7.18. The highest BCUT2D eigenvalue weighted by molar-refractivity contribution is 6.30. The number of hydrogen-bond donors (Lipinski definition) is 1. The number of rotatable bonds is 6. The number of carbonyl (C=O) groups is 1. The van der Waals surface area contributed by atoms with Crippen molar-refractivity contribution in [1.82, 2.24) is 10.2 Å². The number of nitrogens with one attached hydrogen (secondary N) is 1. The van der Waals surface area contributed by atoms with E-state index in [0.717, 1.165) is 31.3 Å². The monoisotopic (exact) mass is 338 g/mol. The maximum Gasteiger partial charge on any atom is 0.414 e. The fraction of sp³-hybridized carbons (Fsp3) is 0.611. The molecule has 1 aliphatic carbocycles. The lowest BCUT2D eigenvalue weighted by Gasteiger charge is -2.29. The molecule has 1 fully saturated rings. The number of amides is 1. The fourth-order valence-electron chi connectivity index (χ4n) is 3.16. The van der Waals surface area contributed by atoms with Gasteiger partial charge in [-0.25, -0.2) is 4.79 Å². The van der Waals surface area contributed by atoms with Crippen LogP contribution < -0.4 is 10.1 Å². The highest BCUT2D eigenvalue weighted by Crippen LogP contribution is 2.30. The van der Waals surface area contributed by atoms with Crippen molar-refractivity contribution in [2.24, 2.45) is 11.8 Å². The Morgan fingerprint density at radius 3 is 2.43 bits per heavy atom. The molecule has 1 amide bonds. The van der Waals surface area contributed by atoms with Crippen molar-refractivity contribution in [3.63, 3.8) is 0 Å².